The van der Waals surface area contributed by atoms with Crippen molar-refractivity contribution in [3.63, 3.8) is 0 Å². The molecule has 5 rings (SSSR count). The number of nitrogens with zero attached hydrogens (tertiary/aromatic N) is 1. The third-order valence-corrected chi connectivity index (χ3v) is 9.31. The predicted molar refractivity (Wildman–Crippen MR) is 169 cm³/mol. The molecule has 0 bridgehead atoms. The normalized spacial score (nSPS) is 12.8. The molecule has 0 radical (unpaired) electrons. The Labute approximate surface area is 257 Å². The van der Waals surface area contributed by atoms with E-state index in [1.54, 1.807) is 43.3 Å². The van der Waals surface area contributed by atoms with Crippen LogP contribution in [0.15, 0.2) is 65.1 Å². The minimum atomic E-state index is -0.455. The second kappa shape index (κ2) is 13.8. The van der Waals surface area contributed by atoms with Gasteiger partial charge in [-0.25, -0.2) is 5.43 Å². The summed E-state index contributed by atoms with van der Waals surface area (Å²) in [7, 11) is 0. The van der Waals surface area contributed by atoms with Gasteiger partial charge in [-0.15, -0.1) is 22.7 Å². The molecule has 1 aliphatic carbocycles. The van der Waals surface area contributed by atoms with Gasteiger partial charge in [-0.05, 0) is 85.2 Å². The van der Waals surface area contributed by atoms with Crippen LogP contribution in [0, 0.1) is 0 Å². The molecule has 5 N–H and O–H groups in total. The van der Waals surface area contributed by atoms with Crippen molar-refractivity contribution in [1.82, 2.24) is 16.1 Å². The first-order chi connectivity index (χ1) is 20.8. The van der Waals surface area contributed by atoms with Crippen LogP contribution in [-0.4, -0.2) is 46.8 Å². The van der Waals surface area contributed by atoms with Gasteiger partial charge in [-0.3, -0.25) is 14.4 Å². The first kappa shape index (κ1) is 30.1. The number of hydrogen-bond acceptors (Lipinski definition) is 8. The van der Waals surface area contributed by atoms with Gasteiger partial charge in [-0.1, -0.05) is 24.3 Å². The molecule has 2 heterocycles. The van der Waals surface area contributed by atoms with Crippen LogP contribution in [0.5, 0.6) is 5.75 Å². The van der Waals surface area contributed by atoms with Crippen LogP contribution in [0.1, 0.15) is 71.7 Å². The van der Waals surface area contributed by atoms with Gasteiger partial charge in [0.2, 0.25) is 0 Å². The smallest absolute Gasteiger partial charge is 0.281 e. The van der Waals surface area contributed by atoms with Gasteiger partial charge >= 0.3 is 0 Å². The Morgan fingerprint density at radius 1 is 0.884 bits per heavy atom. The maximum absolute atomic E-state index is 12.8. The summed E-state index contributed by atoms with van der Waals surface area (Å²) in [6, 6.07) is 16.3. The SMILES string of the molecule is CC(=NNC(=O)c1ccc(C(=O)NCc2ccc(C(=O)NCCO)cc2)s1)c1csc(-c2ccc3c(c2)CCCC3)c1O. The van der Waals surface area contributed by atoms with Crippen LogP contribution in [0.25, 0.3) is 10.4 Å². The van der Waals surface area contributed by atoms with Crippen molar-refractivity contribution in [3.05, 3.63) is 97.5 Å². The van der Waals surface area contributed by atoms with Gasteiger partial charge in [0.05, 0.1) is 32.5 Å². The molecule has 1 aliphatic rings. The molecule has 9 nitrogen and oxygen atoms in total. The number of carbonyl (C=O) groups is 3. The molecule has 0 saturated heterocycles. The molecule has 222 valence electrons. The van der Waals surface area contributed by atoms with Crippen LogP contribution >= 0.6 is 22.7 Å². The fraction of sp³-hybridized carbons (Fsp3) is 0.250. The average molecular weight is 617 g/mol. The molecule has 2 aromatic carbocycles. The number of aryl methyl sites for hydroxylation is 2. The first-order valence-electron chi connectivity index (χ1n) is 14.0. The number of aliphatic hydroxyl groups excluding tert-OH is 1. The number of amides is 3. The first-order valence-corrected chi connectivity index (χ1v) is 15.7. The lowest BCUT2D eigenvalue weighted by molar-refractivity contribution is 0.0939. The summed E-state index contributed by atoms with van der Waals surface area (Å²) >= 11 is 2.49. The Bertz CT molecular complexity index is 1670. The molecule has 0 saturated carbocycles. The Morgan fingerprint density at radius 2 is 1.60 bits per heavy atom. The van der Waals surface area contributed by atoms with Gasteiger partial charge in [0.1, 0.15) is 5.75 Å². The molecular weight excluding hydrogens is 585 g/mol. The summed E-state index contributed by atoms with van der Waals surface area (Å²) < 4.78 is 0. The van der Waals surface area contributed by atoms with E-state index in [9.17, 15) is 19.5 Å². The lowest BCUT2D eigenvalue weighted by atomic mass is 9.90. The lowest BCUT2D eigenvalue weighted by Crippen LogP contribution is -2.26. The third-order valence-electron chi connectivity index (χ3n) is 7.21. The zero-order chi connectivity index (χ0) is 30.3. The number of hydrogen-bond donors (Lipinski definition) is 5. The van der Waals surface area contributed by atoms with Crippen molar-refractivity contribution in [2.45, 2.75) is 39.2 Å². The van der Waals surface area contributed by atoms with Crippen molar-refractivity contribution < 1.29 is 24.6 Å². The van der Waals surface area contributed by atoms with Crippen molar-refractivity contribution in [2.24, 2.45) is 5.10 Å². The number of thiophene rings is 2. The van der Waals surface area contributed by atoms with Gasteiger partial charge in [-0.2, -0.15) is 5.10 Å². The van der Waals surface area contributed by atoms with E-state index in [1.807, 2.05) is 5.38 Å². The molecule has 0 aliphatic heterocycles. The van der Waals surface area contributed by atoms with Crippen molar-refractivity contribution in [1.29, 1.82) is 0 Å². The van der Waals surface area contributed by atoms with Gasteiger partial charge < -0.3 is 20.8 Å². The predicted octanol–water partition coefficient (Wildman–Crippen LogP) is 4.87. The van der Waals surface area contributed by atoms with E-state index in [0.29, 0.717) is 26.6 Å². The number of hydrazone groups is 1. The number of fused-ring (bicyclic) bond motifs is 1. The molecule has 4 aromatic rings. The summed E-state index contributed by atoms with van der Waals surface area (Å²) in [6.45, 7) is 2.02. The number of aliphatic hydroxyl groups is 1. The molecule has 3 amide bonds. The van der Waals surface area contributed by atoms with Crippen molar-refractivity contribution in [2.75, 3.05) is 13.2 Å². The van der Waals surface area contributed by atoms with Crippen LogP contribution in [0.2, 0.25) is 0 Å². The van der Waals surface area contributed by atoms with E-state index < -0.39 is 5.91 Å². The average Bonchev–Trinajstić information content (AvgIpc) is 3.69. The number of nitrogens with one attached hydrogen (secondary N) is 3. The minimum Gasteiger partial charge on any atom is -0.506 e. The summed E-state index contributed by atoms with van der Waals surface area (Å²) in [5.74, 6) is -0.920. The highest BCUT2D eigenvalue weighted by Crippen LogP contribution is 2.40. The van der Waals surface area contributed by atoms with E-state index in [0.717, 1.165) is 40.2 Å². The Kier molecular flexibility index (Phi) is 9.65. The summed E-state index contributed by atoms with van der Waals surface area (Å²) in [6.07, 6.45) is 4.56. The fourth-order valence-electron chi connectivity index (χ4n) is 4.83. The van der Waals surface area contributed by atoms with Gasteiger partial charge in [0, 0.05) is 24.0 Å². The Balaban J connectivity index is 1.16. The van der Waals surface area contributed by atoms with Gasteiger partial charge in [0.15, 0.2) is 0 Å². The summed E-state index contributed by atoms with van der Waals surface area (Å²) in [5.41, 5.74) is 8.52. The molecule has 2 aromatic heterocycles. The van der Waals surface area contributed by atoms with E-state index >= 15 is 0 Å². The summed E-state index contributed by atoms with van der Waals surface area (Å²) in [5, 5.41) is 31.2. The number of carbonyl (C=O) groups excluding carboxylic acids is 3. The molecule has 0 unspecified atom stereocenters. The molecule has 43 heavy (non-hydrogen) atoms. The van der Waals surface area contributed by atoms with E-state index in [2.05, 4.69) is 39.4 Å². The Hall–Kier alpha value is -4.32. The van der Waals surface area contributed by atoms with E-state index in [-0.39, 0.29) is 37.3 Å². The van der Waals surface area contributed by atoms with Crippen molar-refractivity contribution >= 4 is 46.1 Å². The fourth-order valence-corrected chi connectivity index (χ4v) is 6.65. The second-order valence-electron chi connectivity index (χ2n) is 10.2. The monoisotopic (exact) mass is 616 g/mol. The number of aromatic hydroxyl groups is 1. The minimum absolute atomic E-state index is 0.133. The van der Waals surface area contributed by atoms with Crippen molar-refractivity contribution in [3.8, 4) is 16.2 Å². The number of benzene rings is 2. The highest BCUT2D eigenvalue weighted by molar-refractivity contribution is 7.16. The second-order valence-corrected chi connectivity index (χ2v) is 12.1. The maximum Gasteiger partial charge on any atom is 0.281 e. The third kappa shape index (κ3) is 7.19. The molecule has 0 spiro atoms. The number of rotatable bonds is 10. The molecule has 0 fully saturated rings. The van der Waals surface area contributed by atoms with Crippen LogP contribution in [0.3, 0.4) is 0 Å². The van der Waals surface area contributed by atoms with E-state index in [4.69, 9.17) is 5.11 Å². The lowest BCUT2D eigenvalue weighted by Gasteiger charge is -2.16. The standard InChI is InChI=1S/C32H32N4O5S2/c1-19(25-18-42-29(28(25)38)24-11-10-21-4-2-3-5-23(21)16-24)35-36-32(41)27-13-12-26(43-27)31(40)34-17-20-6-8-22(9-7-20)30(39)33-14-15-37/h6-13,16,18,37-38H,2-5,14-15,17H2,1H3,(H,33,39)(H,34,40)(H,36,41). The highest BCUT2D eigenvalue weighted by atomic mass is 32.1. The zero-order valence-corrected chi connectivity index (χ0v) is 25.2. The molecular formula is C32H32N4O5S2. The quantitative estimate of drug-likeness (QED) is 0.128. The molecule has 0 atom stereocenters. The van der Waals surface area contributed by atoms with Crippen LogP contribution in [0.4, 0.5) is 0 Å². The maximum atomic E-state index is 12.8. The van der Waals surface area contributed by atoms with Crippen LogP contribution in [-0.2, 0) is 19.4 Å². The Morgan fingerprint density at radius 3 is 2.35 bits per heavy atom. The van der Waals surface area contributed by atoms with E-state index in [1.165, 1.54) is 35.3 Å². The van der Waals surface area contributed by atoms with Crippen LogP contribution < -0.4 is 16.1 Å². The summed E-state index contributed by atoms with van der Waals surface area (Å²) in [4.78, 5) is 38.8. The zero-order valence-electron chi connectivity index (χ0n) is 23.6. The topological polar surface area (TPSA) is 140 Å². The van der Waals surface area contributed by atoms with Gasteiger partial charge in [0.25, 0.3) is 17.7 Å². The molecule has 11 heteroatoms. The highest BCUT2D eigenvalue weighted by Gasteiger charge is 2.18. The largest absolute Gasteiger partial charge is 0.506 e.